The summed E-state index contributed by atoms with van der Waals surface area (Å²) < 4.78 is 32.4. The standard InChI is InChI=1S/C17H26O3S/c1-3-4-14-6-8-15(9-7-14)12-16-11-13(2)5-10-17(16)21(18,19)20/h5,10-11,14-15H,3-4,6-9,12H2,1-2H3,(H,18,19,20). The minimum absolute atomic E-state index is 0.0868. The van der Waals surface area contributed by atoms with Gasteiger partial charge < -0.3 is 0 Å². The van der Waals surface area contributed by atoms with Gasteiger partial charge >= 0.3 is 0 Å². The predicted octanol–water partition coefficient (Wildman–Crippen LogP) is 4.39. The Kier molecular flexibility index (Phi) is 5.44. The molecule has 21 heavy (non-hydrogen) atoms. The first-order chi connectivity index (χ1) is 9.90. The van der Waals surface area contributed by atoms with Crippen LogP contribution in [0.1, 0.15) is 56.6 Å². The predicted molar refractivity (Wildman–Crippen MR) is 85.1 cm³/mol. The number of rotatable bonds is 5. The molecule has 118 valence electrons. The molecule has 1 saturated carbocycles. The monoisotopic (exact) mass is 310 g/mol. The van der Waals surface area contributed by atoms with Crippen LogP contribution in [0.15, 0.2) is 23.1 Å². The molecule has 0 heterocycles. The molecule has 1 aromatic rings. The maximum absolute atomic E-state index is 11.5. The molecular formula is C17H26O3S. The number of hydrogen-bond donors (Lipinski definition) is 1. The fourth-order valence-electron chi connectivity index (χ4n) is 3.56. The van der Waals surface area contributed by atoms with Crippen molar-refractivity contribution in [2.75, 3.05) is 0 Å². The SMILES string of the molecule is CCCC1CCC(Cc2cc(C)ccc2S(=O)(=O)O)CC1. The van der Waals surface area contributed by atoms with E-state index < -0.39 is 10.1 Å². The summed E-state index contributed by atoms with van der Waals surface area (Å²) in [5.41, 5.74) is 1.81. The lowest BCUT2D eigenvalue weighted by atomic mass is 9.78. The van der Waals surface area contributed by atoms with E-state index in [9.17, 15) is 13.0 Å². The molecule has 2 rings (SSSR count). The van der Waals surface area contributed by atoms with Crippen LogP contribution in [0, 0.1) is 18.8 Å². The minimum Gasteiger partial charge on any atom is -0.282 e. The molecule has 0 aromatic heterocycles. The van der Waals surface area contributed by atoms with Gasteiger partial charge in [-0.3, -0.25) is 4.55 Å². The minimum atomic E-state index is -4.12. The second-order valence-corrected chi connectivity index (χ2v) is 7.86. The van der Waals surface area contributed by atoms with Gasteiger partial charge in [-0.2, -0.15) is 8.42 Å². The van der Waals surface area contributed by atoms with Crippen molar-refractivity contribution in [2.24, 2.45) is 11.8 Å². The van der Waals surface area contributed by atoms with Gasteiger partial charge in [-0.1, -0.05) is 50.3 Å². The molecule has 1 aliphatic rings. The summed E-state index contributed by atoms with van der Waals surface area (Å²) in [6.07, 6.45) is 8.17. The molecule has 0 spiro atoms. The first-order valence-electron chi connectivity index (χ1n) is 7.97. The molecule has 0 unspecified atom stereocenters. The number of aryl methyl sites for hydroxylation is 1. The molecular weight excluding hydrogens is 284 g/mol. The Labute approximate surface area is 128 Å². The summed E-state index contributed by atoms with van der Waals surface area (Å²) in [6.45, 7) is 4.19. The van der Waals surface area contributed by atoms with Gasteiger partial charge in [-0.15, -0.1) is 0 Å². The van der Waals surface area contributed by atoms with Crippen LogP contribution in [-0.2, 0) is 16.5 Å². The Morgan fingerprint density at radius 3 is 2.33 bits per heavy atom. The van der Waals surface area contributed by atoms with E-state index in [1.165, 1.54) is 44.6 Å². The summed E-state index contributed by atoms with van der Waals surface area (Å²) in [5, 5.41) is 0. The summed E-state index contributed by atoms with van der Waals surface area (Å²) in [5.74, 6) is 1.39. The Bertz CT molecular complexity index is 570. The van der Waals surface area contributed by atoms with Crippen molar-refractivity contribution < 1.29 is 13.0 Å². The van der Waals surface area contributed by atoms with Crippen molar-refractivity contribution in [1.29, 1.82) is 0 Å². The summed E-state index contributed by atoms with van der Waals surface area (Å²) in [7, 11) is -4.12. The second-order valence-electron chi connectivity index (χ2n) is 6.47. The van der Waals surface area contributed by atoms with E-state index in [2.05, 4.69) is 6.92 Å². The zero-order valence-electron chi connectivity index (χ0n) is 13.0. The molecule has 0 atom stereocenters. The third-order valence-corrected chi connectivity index (χ3v) is 5.62. The number of hydrogen-bond acceptors (Lipinski definition) is 2. The fraction of sp³-hybridized carbons (Fsp3) is 0.647. The highest BCUT2D eigenvalue weighted by Crippen LogP contribution is 2.34. The molecule has 3 nitrogen and oxygen atoms in total. The summed E-state index contributed by atoms with van der Waals surface area (Å²) in [6, 6.07) is 5.18. The third-order valence-electron chi connectivity index (χ3n) is 4.67. The smallest absolute Gasteiger partial charge is 0.282 e. The van der Waals surface area contributed by atoms with E-state index in [0.29, 0.717) is 5.92 Å². The van der Waals surface area contributed by atoms with Gasteiger partial charge in [-0.25, -0.2) is 0 Å². The summed E-state index contributed by atoms with van der Waals surface area (Å²) in [4.78, 5) is 0.0868. The lowest BCUT2D eigenvalue weighted by Gasteiger charge is -2.28. The molecule has 1 fully saturated rings. The fourth-order valence-corrected chi connectivity index (χ4v) is 4.28. The highest BCUT2D eigenvalue weighted by molar-refractivity contribution is 7.85. The molecule has 0 bridgehead atoms. The maximum Gasteiger partial charge on any atom is 0.294 e. The van der Waals surface area contributed by atoms with Crippen LogP contribution < -0.4 is 0 Å². The van der Waals surface area contributed by atoms with Crippen molar-refractivity contribution in [1.82, 2.24) is 0 Å². The zero-order chi connectivity index (χ0) is 15.5. The van der Waals surface area contributed by atoms with E-state index in [1.54, 1.807) is 6.07 Å². The van der Waals surface area contributed by atoms with Crippen molar-refractivity contribution >= 4 is 10.1 Å². The molecule has 0 saturated heterocycles. The van der Waals surface area contributed by atoms with E-state index in [-0.39, 0.29) is 4.90 Å². The van der Waals surface area contributed by atoms with Gasteiger partial charge in [0.05, 0.1) is 4.90 Å². The Balaban J connectivity index is 2.08. The van der Waals surface area contributed by atoms with Crippen molar-refractivity contribution in [3.05, 3.63) is 29.3 Å². The van der Waals surface area contributed by atoms with Crippen molar-refractivity contribution in [2.45, 2.75) is 63.7 Å². The molecule has 0 radical (unpaired) electrons. The topological polar surface area (TPSA) is 54.4 Å². The molecule has 4 heteroatoms. The van der Waals surface area contributed by atoms with Crippen molar-refractivity contribution in [3.8, 4) is 0 Å². The molecule has 1 aliphatic carbocycles. The number of benzene rings is 1. The largest absolute Gasteiger partial charge is 0.294 e. The van der Waals surface area contributed by atoms with Crippen LogP contribution >= 0.6 is 0 Å². The van der Waals surface area contributed by atoms with E-state index in [0.717, 1.165) is 23.5 Å². The van der Waals surface area contributed by atoms with E-state index in [4.69, 9.17) is 0 Å². The van der Waals surface area contributed by atoms with Gasteiger partial charge in [-0.05, 0) is 49.7 Å². The lowest BCUT2D eigenvalue weighted by Crippen LogP contribution is -2.17. The van der Waals surface area contributed by atoms with Crippen LogP contribution in [0.25, 0.3) is 0 Å². The normalized spacial score (nSPS) is 23.2. The average Bonchev–Trinajstić information content (AvgIpc) is 2.40. The quantitative estimate of drug-likeness (QED) is 0.821. The van der Waals surface area contributed by atoms with Crippen LogP contribution in [0.3, 0.4) is 0 Å². The van der Waals surface area contributed by atoms with E-state index in [1.807, 2.05) is 13.0 Å². The highest BCUT2D eigenvalue weighted by atomic mass is 32.2. The van der Waals surface area contributed by atoms with Gasteiger partial charge in [0.25, 0.3) is 10.1 Å². The molecule has 1 N–H and O–H groups in total. The molecule has 0 aliphatic heterocycles. The van der Waals surface area contributed by atoms with E-state index >= 15 is 0 Å². The van der Waals surface area contributed by atoms with Crippen molar-refractivity contribution in [3.63, 3.8) is 0 Å². The average molecular weight is 310 g/mol. The Morgan fingerprint density at radius 1 is 1.14 bits per heavy atom. The summed E-state index contributed by atoms with van der Waals surface area (Å²) >= 11 is 0. The third kappa shape index (κ3) is 4.55. The lowest BCUT2D eigenvalue weighted by molar-refractivity contribution is 0.260. The first-order valence-corrected chi connectivity index (χ1v) is 9.41. The van der Waals surface area contributed by atoms with Gasteiger partial charge in [0.15, 0.2) is 0 Å². The van der Waals surface area contributed by atoms with Gasteiger partial charge in [0.1, 0.15) is 0 Å². The highest BCUT2D eigenvalue weighted by Gasteiger charge is 2.23. The molecule has 1 aromatic carbocycles. The van der Waals surface area contributed by atoms with Crippen LogP contribution in [0.2, 0.25) is 0 Å². The molecule has 0 amide bonds. The van der Waals surface area contributed by atoms with Gasteiger partial charge in [0.2, 0.25) is 0 Å². The van der Waals surface area contributed by atoms with Crippen LogP contribution in [-0.4, -0.2) is 13.0 Å². The zero-order valence-corrected chi connectivity index (χ0v) is 13.8. The van der Waals surface area contributed by atoms with Gasteiger partial charge in [0, 0.05) is 0 Å². The Morgan fingerprint density at radius 2 is 1.76 bits per heavy atom. The maximum atomic E-state index is 11.5. The van der Waals surface area contributed by atoms with Crippen LogP contribution in [0.5, 0.6) is 0 Å². The second kappa shape index (κ2) is 6.93. The van der Waals surface area contributed by atoms with Crippen LogP contribution in [0.4, 0.5) is 0 Å². The first kappa shape index (κ1) is 16.5. The Hall–Kier alpha value is -0.870.